The maximum atomic E-state index is 12.7. The van der Waals surface area contributed by atoms with Gasteiger partial charge in [0.2, 0.25) is 0 Å². The molecule has 0 saturated heterocycles. The van der Waals surface area contributed by atoms with Crippen molar-refractivity contribution in [3.8, 4) is 0 Å². The fraction of sp³-hybridized carbons (Fsp3) is 0.278. The molecule has 0 aromatic heterocycles. The molecule has 0 radical (unpaired) electrons. The van der Waals surface area contributed by atoms with Gasteiger partial charge in [0.25, 0.3) is 15.9 Å². The number of carbonyl (C=O) groups excluding carboxylic acids is 1. The molecule has 0 atom stereocenters. The minimum atomic E-state index is -3.67. The fourth-order valence-electron chi connectivity index (χ4n) is 2.29. The number of unbranched alkanes of at least 4 members (excludes halogenated alkanes) is 1. The van der Waals surface area contributed by atoms with E-state index in [4.69, 9.17) is 5.73 Å². The molecule has 26 heavy (non-hydrogen) atoms. The molecule has 0 aliphatic carbocycles. The molecule has 0 saturated carbocycles. The average molecular weight is 398 g/mol. The number of nitrogens with one attached hydrogen (secondary N) is 1. The molecule has 0 fully saturated rings. The first-order valence-corrected chi connectivity index (χ1v) is 9.53. The number of amides is 1. The molecule has 8 heteroatoms. The zero-order valence-corrected chi connectivity index (χ0v) is 16.2. The first-order chi connectivity index (χ1) is 12.0. The third-order valence-electron chi connectivity index (χ3n) is 3.81. The van der Waals surface area contributed by atoms with Crippen molar-refractivity contribution in [1.29, 1.82) is 0 Å². The van der Waals surface area contributed by atoms with Crippen LogP contribution in [0.4, 0.5) is 5.69 Å². The highest BCUT2D eigenvalue weighted by Gasteiger charge is 2.21. The lowest BCUT2D eigenvalue weighted by molar-refractivity contribution is 0.0953. The van der Waals surface area contributed by atoms with Crippen LogP contribution in [-0.2, 0) is 10.0 Å². The Balaban J connectivity index is 0.00000338. The van der Waals surface area contributed by atoms with Crippen molar-refractivity contribution in [2.24, 2.45) is 5.73 Å². The predicted molar refractivity (Wildman–Crippen MR) is 106 cm³/mol. The summed E-state index contributed by atoms with van der Waals surface area (Å²) < 4.78 is 26.6. The Bertz CT molecular complexity index is 796. The summed E-state index contributed by atoms with van der Waals surface area (Å²) in [7, 11) is -2.17. The van der Waals surface area contributed by atoms with Crippen LogP contribution in [0.3, 0.4) is 0 Å². The topological polar surface area (TPSA) is 92.5 Å². The van der Waals surface area contributed by atoms with Crippen molar-refractivity contribution in [2.45, 2.75) is 17.7 Å². The van der Waals surface area contributed by atoms with E-state index < -0.39 is 10.0 Å². The predicted octanol–water partition coefficient (Wildman–Crippen LogP) is 2.40. The second-order valence-electron chi connectivity index (χ2n) is 5.58. The molecule has 0 spiro atoms. The average Bonchev–Trinajstić information content (AvgIpc) is 2.65. The zero-order valence-electron chi connectivity index (χ0n) is 14.6. The van der Waals surface area contributed by atoms with Gasteiger partial charge in [-0.05, 0) is 55.8 Å². The van der Waals surface area contributed by atoms with Crippen LogP contribution in [0.2, 0.25) is 0 Å². The first-order valence-electron chi connectivity index (χ1n) is 8.09. The molecule has 0 unspecified atom stereocenters. The van der Waals surface area contributed by atoms with E-state index in [0.717, 1.165) is 12.8 Å². The number of benzene rings is 2. The van der Waals surface area contributed by atoms with E-state index in [1.54, 1.807) is 24.3 Å². The van der Waals surface area contributed by atoms with Gasteiger partial charge < -0.3 is 11.1 Å². The molecule has 1 amide bonds. The summed E-state index contributed by atoms with van der Waals surface area (Å²) in [5, 5.41) is 2.79. The Morgan fingerprint density at radius 1 is 1.04 bits per heavy atom. The van der Waals surface area contributed by atoms with Gasteiger partial charge in [0.05, 0.1) is 10.6 Å². The van der Waals surface area contributed by atoms with Gasteiger partial charge in [0, 0.05) is 19.2 Å². The van der Waals surface area contributed by atoms with E-state index in [9.17, 15) is 13.2 Å². The molecule has 2 rings (SSSR count). The maximum absolute atomic E-state index is 12.7. The van der Waals surface area contributed by atoms with Gasteiger partial charge in [-0.25, -0.2) is 8.42 Å². The highest BCUT2D eigenvalue weighted by molar-refractivity contribution is 7.92. The number of anilines is 1. The molecule has 3 N–H and O–H groups in total. The minimum absolute atomic E-state index is 0. The maximum Gasteiger partial charge on any atom is 0.264 e. The summed E-state index contributed by atoms with van der Waals surface area (Å²) in [4.78, 5) is 12.2. The summed E-state index contributed by atoms with van der Waals surface area (Å²) >= 11 is 0. The van der Waals surface area contributed by atoms with Gasteiger partial charge in [-0.1, -0.05) is 18.2 Å². The smallest absolute Gasteiger partial charge is 0.264 e. The largest absolute Gasteiger partial charge is 0.352 e. The minimum Gasteiger partial charge on any atom is -0.352 e. The van der Waals surface area contributed by atoms with Crippen molar-refractivity contribution in [1.82, 2.24) is 5.32 Å². The Morgan fingerprint density at radius 2 is 1.65 bits per heavy atom. The highest BCUT2D eigenvalue weighted by Crippen LogP contribution is 2.21. The monoisotopic (exact) mass is 397 g/mol. The molecular formula is C18H24ClN3O3S. The van der Waals surface area contributed by atoms with Crippen molar-refractivity contribution in [2.75, 3.05) is 24.4 Å². The van der Waals surface area contributed by atoms with E-state index in [-0.39, 0.29) is 23.2 Å². The van der Waals surface area contributed by atoms with E-state index >= 15 is 0 Å². The molecule has 142 valence electrons. The molecule has 0 heterocycles. The van der Waals surface area contributed by atoms with E-state index in [1.165, 1.54) is 35.6 Å². The second-order valence-corrected chi connectivity index (χ2v) is 7.55. The number of rotatable bonds is 8. The third kappa shape index (κ3) is 5.45. The number of nitrogens with zero attached hydrogens (tertiary/aromatic N) is 1. The lowest BCUT2D eigenvalue weighted by atomic mass is 10.2. The normalized spacial score (nSPS) is 10.7. The van der Waals surface area contributed by atoms with E-state index in [2.05, 4.69) is 5.32 Å². The second kappa shape index (κ2) is 10.2. The Kier molecular flexibility index (Phi) is 8.57. The van der Waals surface area contributed by atoms with Gasteiger partial charge in [0.15, 0.2) is 0 Å². The number of sulfonamides is 1. The number of nitrogens with two attached hydrogens (primary N) is 1. The van der Waals surface area contributed by atoms with E-state index in [1.807, 2.05) is 6.07 Å². The van der Waals surface area contributed by atoms with E-state index in [0.29, 0.717) is 24.3 Å². The van der Waals surface area contributed by atoms with Crippen LogP contribution in [0.5, 0.6) is 0 Å². The van der Waals surface area contributed by atoms with Crippen LogP contribution in [0.25, 0.3) is 0 Å². The van der Waals surface area contributed by atoms with Crippen LogP contribution in [0.1, 0.15) is 23.2 Å². The van der Waals surface area contributed by atoms with Crippen molar-refractivity contribution in [3.63, 3.8) is 0 Å². The Morgan fingerprint density at radius 3 is 2.23 bits per heavy atom. The quantitative estimate of drug-likeness (QED) is 0.669. The molecule has 2 aromatic carbocycles. The molecule has 2 aromatic rings. The van der Waals surface area contributed by atoms with Gasteiger partial charge >= 0.3 is 0 Å². The number of para-hydroxylation sites is 1. The SMILES string of the molecule is CN(c1ccccc1)S(=O)(=O)c1ccc(C(=O)NCCCCN)cc1.Cl. The van der Waals surface area contributed by atoms with Crippen molar-refractivity contribution in [3.05, 3.63) is 60.2 Å². The summed E-state index contributed by atoms with van der Waals surface area (Å²) in [5.74, 6) is -0.225. The van der Waals surface area contributed by atoms with Crippen LogP contribution in [0.15, 0.2) is 59.5 Å². The highest BCUT2D eigenvalue weighted by atomic mass is 35.5. The number of carbonyl (C=O) groups is 1. The third-order valence-corrected chi connectivity index (χ3v) is 5.61. The Labute approximate surface area is 160 Å². The summed E-state index contributed by atoms with van der Waals surface area (Å²) in [6.07, 6.45) is 1.67. The van der Waals surface area contributed by atoms with Gasteiger partial charge in [-0.3, -0.25) is 9.10 Å². The van der Waals surface area contributed by atoms with Crippen molar-refractivity contribution < 1.29 is 13.2 Å². The van der Waals surface area contributed by atoms with Gasteiger partial charge in [0.1, 0.15) is 0 Å². The molecule has 0 aliphatic heterocycles. The molecular weight excluding hydrogens is 374 g/mol. The number of hydrogen-bond donors (Lipinski definition) is 2. The standard InChI is InChI=1S/C18H23N3O3S.ClH/c1-21(16-7-3-2-4-8-16)25(23,24)17-11-9-15(10-12-17)18(22)20-14-6-5-13-19;/h2-4,7-12H,5-6,13-14,19H2,1H3,(H,20,22);1H. The molecule has 6 nitrogen and oxygen atoms in total. The van der Waals surface area contributed by atoms with Gasteiger partial charge in [-0.15, -0.1) is 12.4 Å². The number of hydrogen-bond acceptors (Lipinski definition) is 4. The van der Waals surface area contributed by atoms with Crippen molar-refractivity contribution >= 4 is 34.0 Å². The van der Waals surface area contributed by atoms with Crippen LogP contribution < -0.4 is 15.4 Å². The van der Waals surface area contributed by atoms with Crippen LogP contribution >= 0.6 is 12.4 Å². The zero-order chi connectivity index (χ0) is 18.3. The van der Waals surface area contributed by atoms with Gasteiger partial charge in [-0.2, -0.15) is 0 Å². The molecule has 0 aliphatic rings. The van der Waals surface area contributed by atoms with Crippen LogP contribution in [-0.4, -0.2) is 34.5 Å². The first kappa shape index (κ1) is 22.0. The summed E-state index contributed by atoms with van der Waals surface area (Å²) in [6.45, 7) is 1.14. The Hall–Kier alpha value is -2.09. The lowest BCUT2D eigenvalue weighted by Crippen LogP contribution is -2.27. The summed E-state index contributed by atoms with van der Waals surface area (Å²) in [5.41, 5.74) is 6.41. The lowest BCUT2D eigenvalue weighted by Gasteiger charge is -2.19. The molecule has 0 bridgehead atoms. The number of halogens is 1. The summed E-state index contributed by atoms with van der Waals surface area (Å²) in [6, 6.07) is 14.8. The fourth-order valence-corrected chi connectivity index (χ4v) is 3.48. The van der Waals surface area contributed by atoms with Crippen LogP contribution in [0, 0.1) is 0 Å².